The van der Waals surface area contributed by atoms with Gasteiger partial charge in [-0.2, -0.15) is 0 Å². The Morgan fingerprint density at radius 3 is 2.22 bits per heavy atom. The molecule has 0 aliphatic rings. The predicted octanol–water partition coefficient (Wildman–Crippen LogP) is 4.91. The average molecular weight is 267 g/mol. The maximum atomic E-state index is 13.7. The van der Waals surface area contributed by atoms with Crippen LogP contribution in [0.3, 0.4) is 0 Å². The molecular weight excluding hydrogens is 254 g/mol. The maximum absolute atomic E-state index is 13.7. The molecule has 0 radical (unpaired) electrons. The van der Waals surface area contributed by atoms with E-state index >= 15 is 0 Å². The van der Waals surface area contributed by atoms with Crippen molar-refractivity contribution in [2.24, 2.45) is 0 Å². The molecule has 2 rings (SSSR count). The molecule has 0 nitrogen and oxygen atoms in total. The second-order valence-corrected chi connectivity index (χ2v) is 4.79. The predicted molar refractivity (Wildman–Crippen MR) is 70.0 cm³/mol. The Kier molecular flexibility index (Phi) is 3.67. The van der Waals surface area contributed by atoms with Crippen LogP contribution in [0.1, 0.15) is 27.6 Å². The molecule has 0 spiro atoms. The highest BCUT2D eigenvalue weighted by Gasteiger charge is 2.21. The molecule has 0 amide bonds. The number of rotatable bonds is 2. The van der Waals surface area contributed by atoms with Gasteiger partial charge in [0.2, 0.25) is 0 Å². The van der Waals surface area contributed by atoms with Gasteiger partial charge in [-0.05, 0) is 37.1 Å². The minimum Gasteiger partial charge on any atom is -0.207 e. The van der Waals surface area contributed by atoms with E-state index in [0.717, 1.165) is 16.7 Å². The second kappa shape index (κ2) is 5.07. The van der Waals surface area contributed by atoms with Crippen molar-refractivity contribution in [3.05, 3.63) is 70.3 Å². The van der Waals surface area contributed by atoms with Crippen LogP contribution in [-0.2, 0) is 0 Å². The summed E-state index contributed by atoms with van der Waals surface area (Å²) < 4.78 is 27.4. The fourth-order valence-electron chi connectivity index (χ4n) is 1.94. The summed E-state index contributed by atoms with van der Waals surface area (Å²) >= 11 is 6.24. The molecule has 1 atom stereocenters. The summed E-state index contributed by atoms with van der Waals surface area (Å²) in [5.41, 5.74) is 2.58. The van der Waals surface area contributed by atoms with Crippen LogP contribution >= 0.6 is 11.6 Å². The van der Waals surface area contributed by atoms with E-state index in [0.29, 0.717) is 0 Å². The Hall–Kier alpha value is -1.41. The van der Waals surface area contributed by atoms with Crippen molar-refractivity contribution in [3.63, 3.8) is 0 Å². The molecule has 0 fully saturated rings. The van der Waals surface area contributed by atoms with Crippen molar-refractivity contribution in [2.45, 2.75) is 19.2 Å². The largest absolute Gasteiger partial charge is 0.207 e. The fourth-order valence-corrected chi connectivity index (χ4v) is 2.38. The van der Waals surface area contributed by atoms with E-state index in [4.69, 9.17) is 11.6 Å². The van der Waals surface area contributed by atoms with Crippen molar-refractivity contribution in [3.8, 4) is 0 Å². The molecule has 2 aromatic rings. The minimum absolute atomic E-state index is 0.0899. The first kappa shape index (κ1) is 13.0. The summed E-state index contributed by atoms with van der Waals surface area (Å²) in [4.78, 5) is 0. The molecule has 0 saturated heterocycles. The van der Waals surface area contributed by atoms with Crippen LogP contribution in [0.5, 0.6) is 0 Å². The monoisotopic (exact) mass is 266 g/mol. The quantitative estimate of drug-likeness (QED) is 0.678. The SMILES string of the molecule is Cc1ccc(C)c(C(Cl)c2c(F)cccc2F)c1. The van der Waals surface area contributed by atoms with Crippen LogP contribution in [0.2, 0.25) is 0 Å². The van der Waals surface area contributed by atoms with Gasteiger partial charge in [-0.15, -0.1) is 11.6 Å². The zero-order valence-electron chi connectivity index (χ0n) is 10.2. The standard InChI is InChI=1S/C15H13ClF2/c1-9-6-7-10(2)11(8-9)15(16)14-12(17)4-3-5-13(14)18/h3-8,15H,1-2H3. The zero-order chi connectivity index (χ0) is 13.3. The molecular formula is C15H13ClF2. The van der Waals surface area contributed by atoms with E-state index in [1.54, 1.807) is 0 Å². The van der Waals surface area contributed by atoms with Gasteiger partial charge in [0.1, 0.15) is 11.6 Å². The Bertz CT molecular complexity index is 558. The lowest BCUT2D eigenvalue weighted by atomic mass is 9.97. The van der Waals surface area contributed by atoms with E-state index in [-0.39, 0.29) is 5.56 Å². The number of benzene rings is 2. The normalized spacial score (nSPS) is 12.5. The molecule has 0 aliphatic heterocycles. The van der Waals surface area contributed by atoms with Gasteiger partial charge in [0.15, 0.2) is 0 Å². The highest BCUT2D eigenvalue weighted by atomic mass is 35.5. The molecule has 2 aromatic carbocycles. The lowest BCUT2D eigenvalue weighted by molar-refractivity contribution is 0.559. The van der Waals surface area contributed by atoms with E-state index in [1.807, 2.05) is 32.0 Å². The Balaban J connectivity index is 2.54. The first-order chi connectivity index (χ1) is 8.50. The molecule has 0 aliphatic carbocycles. The van der Waals surface area contributed by atoms with E-state index in [1.165, 1.54) is 18.2 Å². The first-order valence-corrected chi connectivity index (χ1v) is 6.09. The summed E-state index contributed by atoms with van der Waals surface area (Å²) in [6, 6.07) is 9.48. The molecule has 0 heterocycles. The maximum Gasteiger partial charge on any atom is 0.131 e. The first-order valence-electron chi connectivity index (χ1n) is 5.66. The number of hydrogen-bond acceptors (Lipinski definition) is 0. The Labute approximate surface area is 110 Å². The number of halogens is 3. The van der Waals surface area contributed by atoms with Gasteiger partial charge >= 0.3 is 0 Å². The third-order valence-electron chi connectivity index (χ3n) is 2.96. The van der Waals surface area contributed by atoms with E-state index < -0.39 is 17.0 Å². The van der Waals surface area contributed by atoms with Gasteiger partial charge in [-0.25, -0.2) is 8.78 Å². The molecule has 18 heavy (non-hydrogen) atoms. The van der Waals surface area contributed by atoms with Crippen LogP contribution < -0.4 is 0 Å². The molecule has 94 valence electrons. The molecule has 0 saturated carbocycles. The van der Waals surface area contributed by atoms with Crippen molar-refractivity contribution in [1.82, 2.24) is 0 Å². The highest BCUT2D eigenvalue weighted by Crippen LogP contribution is 2.34. The van der Waals surface area contributed by atoms with Crippen LogP contribution in [0.4, 0.5) is 8.78 Å². The van der Waals surface area contributed by atoms with Crippen LogP contribution in [0, 0.1) is 25.5 Å². The summed E-state index contributed by atoms with van der Waals surface area (Å²) in [6.45, 7) is 3.80. The topological polar surface area (TPSA) is 0 Å². The fraction of sp³-hybridized carbons (Fsp3) is 0.200. The van der Waals surface area contributed by atoms with Crippen molar-refractivity contribution < 1.29 is 8.78 Å². The van der Waals surface area contributed by atoms with Crippen LogP contribution in [-0.4, -0.2) is 0 Å². The molecule has 0 aromatic heterocycles. The Morgan fingerprint density at radius 1 is 1.00 bits per heavy atom. The number of alkyl halides is 1. The molecule has 0 bridgehead atoms. The summed E-state index contributed by atoms with van der Waals surface area (Å²) in [5, 5.41) is -0.814. The van der Waals surface area contributed by atoms with Crippen molar-refractivity contribution in [1.29, 1.82) is 0 Å². The zero-order valence-corrected chi connectivity index (χ0v) is 10.9. The molecule has 1 unspecified atom stereocenters. The highest BCUT2D eigenvalue weighted by molar-refractivity contribution is 6.22. The van der Waals surface area contributed by atoms with E-state index in [9.17, 15) is 8.78 Å². The molecule has 3 heteroatoms. The third-order valence-corrected chi connectivity index (χ3v) is 3.41. The minimum atomic E-state index is -0.814. The molecule has 0 N–H and O–H groups in total. The summed E-state index contributed by atoms with van der Waals surface area (Å²) in [7, 11) is 0. The van der Waals surface area contributed by atoms with E-state index in [2.05, 4.69) is 0 Å². The van der Waals surface area contributed by atoms with Gasteiger partial charge in [0.05, 0.1) is 5.38 Å². The smallest absolute Gasteiger partial charge is 0.131 e. The lowest BCUT2D eigenvalue weighted by Gasteiger charge is -2.15. The van der Waals surface area contributed by atoms with Crippen molar-refractivity contribution >= 4 is 11.6 Å². The van der Waals surface area contributed by atoms with Crippen LogP contribution in [0.25, 0.3) is 0 Å². The number of hydrogen-bond donors (Lipinski definition) is 0. The van der Waals surface area contributed by atoms with Crippen molar-refractivity contribution in [2.75, 3.05) is 0 Å². The lowest BCUT2D eigenvalue weighted by Crippen LogP contribution is -2.03. The van der Waals surface area contributed by atoms with Crippen LogP contribution in [0.15, 0.2) is 36.4 Å². The van der Waals surface area contributed by atoms with Gasteiger partial charge < -0.3 is 0 Å². The Morgan fingerprint density at radius 2 is 1.61 bits per heavy atom. The number of aryl methyl sites for hydroxylation is 2. The van der Waals surface area contributed by atoms with Gasteiger partial charge in [-0.1, -0.05) is 29.8 Å². The third kappa shape index (κ3) is 2.39. The van der Waals surface area contributed by atoms with Gasteiger partial charge in [-0.3, -0.25) is 0 Å². The second-order valence-electron chi connectivity index (χ2n) is 4.36. The van der Waals surface area contributed by atoms with Gasteiger partial charge in [0, 0.05) is 5.56 Å². The summed E-state index contributed by atoms with van der Waals surface area (Å²) in [5.74, 6) is -1.23. The average Bonchev–Trinajstić information content (AvgIpc) is 2.32. The summed E-state index contributed by atoms with van der Waals surface area (Å²) in [6.07, 6.45) is 0. The van der Waals surface area contributed by atoms with Gasteiger partial charge in [0.25, 0.3) is 0 Å².